The SMILES string of the molecule is C=C1N=C(N)C=CN1[C@@H]1O[C@H](COP(=O)(N[C@@H](C)C(=O)OC(C)C)OC(C)OC(=O)OCC)[C@H](O)C1O.C=C1N=C(N)C=CN1[C@@H]1O[C@H](COP(=O)(N[C@@H](CC(C)C)C(=O)OC)OCC(=O)OC)[C@H](O)C1O.C=C1N=C(N)C=CN1[C@@H]1O[C@H](COP(=O)(N[C@@H](CC(C)C)C(=O)OCC)OCC(=O)OCC)[C@H](O)C1O.COC(=O)COP(=O)(N[C@@H](CC(C)C)C(=O)OC)OC[C@H]1O[C@@H](n2cnc3c(N)nc(C)nc32)C(F)[C@H]1O. The van der Waals surface area contributed by atoms with Crippen molar-refractivity contribution in [2.45, 2.75) is 251 Å². The largest absolute Gasteiger partial charge is 0.510 e. The molecule has 9 heterocycles. The number of aromatic nitrogens is 4. The number of halogens is 1. The summed E-state index contributed by atoms with van der Waals surface area (Å²) in [6.45, 7) is 30.2. The van der Waals surface area contributed by atoms with Gasteiger partial charge in [-0.1, -0.05) is 61.3 Å². The quantitative estimate of drug-likeness (QED) is 0.0193. The summed E-state index contributed by atoms with van der Waals surface area (Å²) in [4.78, 5) is 124. The first-order chi connectivity index (χ1) is 68.9. The van der Waals surface area contributed by atoms with Crippen LogP contribution in [0.3, 0.4) is 0 Å². The number of aliphatic hydroxyl groups excluding tert-OH is 7. The molecule has 147 heavy (non-hydrogen) atoms. The first kappa shape index (κ1) is 126. The number of amidine groups is 3. The number of hydrogen-bond acceptors (Lipinski definition) is 53. The highest BCUT2D eigenvalue weighted by molar-refractivity contribution is 7.52. The highest BCUT2D eigenvalue weighted by Crippen LogP contribution is 2.51. The Morgan fingerprint density at radius 1 is 0.449 bits per heavy atom. The van der Waals surface area contributed by atoms with Gasteiger partial charge in [0.05, 0.1) is 87.1 Å². The van der Waals surface area contributed by atoms with Gasteiger partial charge in [0.1, 0.15) is 138 Å². The average molecular weight is 2180 g/mol. The maximum atomic E-state index is 15.2. The van der Waals surface area contributed by atoms with Crippen molar-refractivity contribution >= 4 is 113 Å². The number of nitrogens with two attached hydrogens (primary N) is 4. The van der Waals surface area contributed by atoms with Crippen LogP contribution in [0.25, 0.3) is 11.2 Å². The van der Waals surface area contributed by atoms with Gasteiger partial charge in [0.2, 0.25) is 6.29 Å². The molecule has 830 valence electrons. The Labute approximate surface area is 846 Å². The highest BCUT2D eigenvalue weighted by Gasteiger charge is 2.53. The topological polar surface area (TPSA) is 783 Å². The normalized spacial score (nSPS) is 25.9. The molecule has 19 N–H and O–H groups in total. The van der Waals surface area contributed by atoms with Crippen LogP contribution >= 0.6 is 31.0 Å². The molecule has 0 amide bonds. The number of aliphatic imine (C=N–C) groups is 3. The summed E-state index contributed by atoms with van der Waals surface area (Å²) in [5.74, 6) is -3.88. The number of carbonyl (C=O) groups is 8. The van der Waals surface area contributed by atoms with Crippen LogP contribution in [0.15, 0.2) is 95.3 Å². The van der Waals surface area contributed by atoms with Crippen LogP contribution < -0.4 is 43.3 Å². The fraction of sp³-hybridized carbons (Fsp3) is 0.667. The number of ether oxygens (including phenoxy) is 13. The predicted octanol–water partition coefficient (Wildman–Crippen LogP) is 1.43. The molecule has 0 spiro atoms. The number of aliphatic hydroxyl groups is 7. The van der Waals surface area contributed by atoms with Gasteiger partial charge < -0.3 is 135 Å². The highest BCUT2D eigenvalue weighted by atomic mass is 31.2. The molecule has 7 aliphatic heterocycles. The summed E-state index contributed by atoms with van der Waals surface area (Å²) in [5, 5.41) is 83.5. The number of anilines is 1. The Kier molecular flexibility index (Phi) is 50.0. The molecule has 58 nitrogen and oxygen atoms in total. The third-order valence-corrected chi connectivity index (χ3v) is 27.3. The number of fused-ring (bicyclic) bond motifs is 1. The van der Waals surface area contributed by atoms with Gasteiger partial charge in [0.25, 0.3) is 0 Å². The fourth-order valence-electron chi connectivity index (χ4n) is 13.8. The lowest BCUT2D eigenvalue weighted by Gasteiger charge is -2.30. The molecule has 4 fully saturated rings. The van der Waals surface area contributed by atoms with E-state index in [9.17, 15) is 92.4 Å². The van der Waals surface area contributed by atoms with E-state index >= 15 is 4.39 Å². The first-order valence-corrected chi connectivity index (χ1v) is 52.0. The van der Waals surface area contributed by atoms with E-state index in [1.165, 1.54) is 83.4 Å². The number of carbonyl (C=O) groups excluding carboxylic acids is 8. The van der Waals surface area contributed by atoms with E-state index in [0.29, 0.717) is 5.82 Å². The van der Waals surface area contributed by atoms with Gasteiger partial charge in [0, 0.05) is 18.6 Å². The molecule has 25 atom stereocenters. The molecular weight excluding hydrogens is 2040 g/mol. The zero-order valence-corrected chi connectivity index (χ0v) is 87.9. The lowest BCUT2D eigenvalue weighted by Crippen LogP contribution is -2.42. The summed E-state index contributed by atoms with van der Waals surface area (Å²) in [5.41, 5.74) is 23.2. The third kappa shape index (κ3) is 37.9. The molecule has 0 radical (unpaired) electrons. The Bertz CT molecular complexity index is 5200. The van der Waals surface area contributed by atoms with Crippen LogP contribution in [0.1, 0.15) is 121 Å². The number of nitrogens with one attached hydrogen (secondary N) is 4. The van der Waals surface area contributed by atoms with Gasteiger partial charge in [0.15, 0.2) is 62.4 Å². The Hall–Kier alpha value is -9.91. The van der Waals surface area contributed by atoms with E-state index in [2.05, 4.69) is 84.2 Å². The molecule has 0 saturated carbocycles. The van der Waals surface area contributed by atoms with Crippen LogP contribution in [0.5, 0.6) is 0 Å². The molecule has 9 unspecified atom stereocenters. The van der Waals surface area contributed by atoms with E-state index in [-0.39, 0.29) is 109 Å². The zero-order chi connectivity index (χ0) is 110. The maximum absolute atomic E-state index is 15.2. The Morgan fingerprint density at radius 3 is 1.15 bits per heavy atom. The summed E-state index contributed by atoms with van der Waals surface area (Å²) in [6.07, 6.45) is -14.1. The molecule has 63 heteroatoms. The number of rotatable bonds is 50. The van der Waals surface area contributed by atoms with E-state index < -0.39 is 260 Å². The standard InChI is InChI=1S/C22H37N4O10P.C21H32FN6O9P.C21H35N4O11P.C20H33N4O10P/c1-6-32-18(27)12-35-37(31,25-15(10-13(3)4)22(30)33-7-2)34-11-16-19(28)20(29)21(36-16)26-9-8-17(23)24-14(26)5;1-10(2)6-12(21(31)34-5)27-38(32,36-8-14(29)33-4)35-7-13-17(30)15(22)20(37-13)28-9-24-16-18(23)25-11(3)26-19(16)28;1-7-31-21(29)34-14(6)36-37(30,24-12(4)20(28)33-11(2)3)32-10-15-17(26)18(27)19(35-15)25-9-8-16(22)23-13(25)5;1-11(2)8-13(20(28)31-5)23-35(29,33-10-16(25)30-4)32-9-14-17(26)18(27)19(34-14)24-7-6-15(21)22-12(24)3/h8-9,13,15-16,19-21,28-29H,5-7,10-12H2,1-4H3,(H2,23,24)(H,25,31);9-10,12-13,15,17,20,30H,6-8H2,1-5H3,(H,27,32)(H2,23,25,26);8-9,11-12,14-15,17-19,26-27H,5,7,10H2,1-4,6H3,(H2,22,23)(H,24,30);6-7,11,13-14,17-19,26-27H,3,8-10H2,1-2,4-5H3,(H2,21,22)(H,23,29)/t15-,16+,19-,20?,21+,37?;12-,13+,15?,17-,20+,38?;12-,14?,15+,17-,18?,19+,37?;13-,14+,17-,18?,19+,35?/m0000/s1. The lowest BCUT2D eigenvalue weighted by molar-refractivity contribution is -0.149. The summed E-state index contributed by atoms with van der Waals surface area (Å²) in [7, 11) is -13.0. The zero-order valence-electron chi connectivity index (χ0n) is 84.3. The van der Waals surface area contributed by atoms with Gasteiger partial charge >= 0.3 is 78.9 Å². The monoisotopic (exact) mass is 2180 g/mol. The smallest absolute Gasteiger partial charge is 0.468 e. The number of nitrogens with zero attached hydrogens (tertiary/aromatic N) is 10. The van der Waals surface area contributed by atoms with E-state index in [0.717, 1.165) is 21.3 Å². The van der Waals surface area contributed by atoms with Crippen LogP contribution in [0.4, 0.5) is 15.0 Å². The van der Waals surface area contributed by atoms with E-state index in [4.69, 9.17) is 106 Å². The molecular formula is C84H137FN18O40P4. The van der Waals surface area contributed by atoms with Crippen molar-refractivity contribution in [1.29, 1.82) is 0 Å². The van der Waals surface area contributed by atoms with Gasteiger partial charge in [-0.2, -0.15) is 0 Å². The predicted molar refractivity (Wildman–Crippen MR) is 512 cm³/mol. The van der Waals surface area contributed by atoms with E-state index in [1.807, 2.05) is 41.5 Å². The molecule has 0 aliphatic carbocycles. The minimum atomic E-state index is -4.42. The number of nitrogen functional groups attached to an aromatic ring is 1. The number of methoxy groups -OCH3 is 4. The molecule has 2 aromatic rings. The molecule has 9 rings (SSSR count). The molecule has 7 aliphatic rings. The number of imidazole rings is 1. The molecule has 2 aromatic heterocycles. The number of hydrogen-bond donors (Lipinski definition) is 15. The molecule has 4 saturated heterocycles. The van der Waals surface area contributed by atoms with Crippen molar-refractivity contribution in [3.8, 4) is 0 Å². The lowest BCUT2D eigenvalue weighted by atomic mass is 10.1. The first-order valence-electron chi connectivity index (χ1n) is 45.8. The fourth-order valence-corrected chi connectivity index (χ4v) is 19.7. The van der Waals surface area contributed by atoms with Gasteiger partial charge in [-0.3, -0.25) is 59.9 Å². The molecule has 0 aromatic carbocycles. The maximum Gasteiger partial charge on any atom is 0.510 e. The average Bonchev–Trinajstić information content (AvgIpc) is 1.61. The Balaban J connectivity index is 0.000000300. The minimum absolute atomic E-state index is 0.000979. The second kappa shape index (κ2) is 58.5. The summed E-state index contributed by atoms with van der Waals surface area (Å²) >= 11 is 0. The van der Waals surface area contributed by atoms with Crippen LogP contribution in [-0.2, 0) is 150 Å². The molecule has 0 bridgehead atoms. The van der Waals surface area contributed by atoms with Gasteiger partial charge in [-0.05, 0) is 111 Å². The number of alkyl halides is 1. The number of esters is 7. The van der Waals surface area contributed by atoms with Crippen molar-refractivity contribution in [3.63, 3.8) is 0 Å². The summed E-state index contributed by atoms with van der Waals surface area (Å²) < 4.78 is 179. The van der Waals surface area contributed by atoms with Crippen molar-refractivity contribution < 1.29 is 195 Å². The van der Waals surface area contributed by atoms with Crippen LogP contribution in [-0.4, -0.2) is 358 Å². The van der Waals surface area contributed by atoms with Crippen LogP contribution in [0, 0.1) is 24.7 Å². The van der Waals surface area contributed by atoms with Crippen molar-refractivity contribution in [2.75, 3.05) is 100 Å². The van der Waals surface area contributed by atoms with Crippen molar-refractivity contribution in [3.05, 3.63) is 86.2 Å². The minimum Gasteiger partial charge on any atom is -0.468 e. The summed E-state index contributed by atoms with van der Waals surface area (Å²) in [6, 6.07) is -4.45. The van der Waals surface area contributed by atoms with Crippen LogP contribution in [0.2, 0.25) is 0 Å². The van der Waals surface area contributed by atoms with E-state index in [1.54, 1.807) is 41.5 Å². The Morgan fingerprint density at radius 2 is 0.803 bits per heavy atom. The van der Waals surface area contributed by atoms with Crippen molar-refractivity contribution in [1.82, 2.24) is 54.6 Å². The number of aryl methyl sites for hydroxylation is 1. The van der Waals surface area contributed by atoms with Crippen molar-refractivity contribution in [2.24, 2.45) is 49.9 Å². The van der Waals surface area contributed by atoms with Gasteiger partial charge in [-0.15, -0.1) is 0 Å². The second-order valence-electron chi connectivity index (χ2n) is 34.1. The van der Waals surface area contributed by atoms with Gasteiger partial charge in [-0.25, -0.2) is 92.1 Å². The second-order valence-corrected chi connectivity index (χ2v) is 41.2. The third-order valence-electron chi connectivity index (χ3n) is 20.8.